The van der Waals surface area contributed by atoms with E-state index in [-0.39, 0.29) is 10.7 Å². The van der Waals surface area contributed by atoms with E-state index in [4.69, 9.17) is 10.00 Å². The van der Waals surface area contributed by atoms with Gasteiger partial charge in [-0.25, -0.2) is 8.42 Å². The number of rotatable bonds is 6. The lowest BCUT2D eigenvalue weighted by atomic mass is 10.2. The predicted molar refractivity (Wildman–Crippen MR) is 105 cm³/mol. The van der Waals surface area contributed by atoms with Gasteiger partial charge in [-0.05, 0) is 55.0 Å². The van der Waals surface area contributed by atoms with Crippen LogP contribution in [0.5, 0.6) is 5.75 Å². The van der Waals surface area contributed by atoms with Gasteiger partial charge in [0, 0.05) is 0 Å². The van der Waals surface area contributed by atoms with Crippen molar-refractivity contribution in [3.63, 3.8) is 0 Å². The van der Waals surface area contributed by atoms with E-state index in [1.54, 1.807) is 49.4 Å². The van der Waals surface area contributed by atoms with Crippen LogP contribution in [0, 0.1) is 18.3 Å². The Kier molecular flexibility index (Phi) is 5.42. The summed E-state index contributed by atoms with van der Waals surface area (Å²) >= 11 is 0. The summed E-state index contributed by atoms with van der Waals surface area (Å²) in [7, 11) is -2.31. The van der Waals surface area contributed by atoms with E-state index in [1.165, 1.54) is 19.2 Å². The summed E-state index contributed by atoms with van der Waals surface area (Å²) in [6.45, 7) is 1.68. The second-order valence-electron chi connectivity index (χ2n) is 5.82. The normalized spacial score (nSPS) is 10.8. The second kappa shape index (κ2) is 7.94. The minimum Gasteiger partial charge on any atom is -0.497 e. The van der Waals surface area contributed by atoms with Gasteiger partial charge in [0.15, 0.2) is 11.6 Å². The molecular weight excluding hydrogens is 378 g/mol. The molecule has 2 N–H and O–H groups in total. The second-order valence-corrected chi connectivity index (χ2v) is 7.47. The molecule has 0 saturated heterocycles. The Morgan fingerprint density at radius 2 is 1.75 bits per heavy atom. The van der Waals surface area contributed by atoms with Crippen LogP contribution in [-0.2, 0) is 10.0 Å². The number of ether oxygens (including phenoxy) is 1. The van der Waals surface area contributed by atoms with Crippen LogP contribution in [0.15, 0.2) is 59.5 Å². The molecule has 28 heavy (non-hydrogen) atoms. The molecule has 0 aliphatic rings. The predicted octanol–water partition coefficient (Wildman–Crippen LogP) is 3.21. The van der Waals surface area contributed by atoms with Crippen molar-refractivity contribution in [3.8, 4) is 11.8 Å². The molecule has 1 heterocycles. The molecule has 142 valence electrons. The zero-order valence-electron chi connectivity index (χ0n) is 15.2. The highest BCUT2D eigenvalue weighted by atomic mass is 32.2. The van der Waals surface area contributed by atoms with Gasteiger partial charge in [-0.15, -0.1) is 10.2 Å². The summed E-state index contributed by atoms with van der Waals surface area (Å²) in [6.07, 6.45) is 0. The largest absolute Gasteiger partial charge is 0.497 e. The number of aryl methyl sites for hydroxylation is 1. The number of benzene rings is 2. The number of para-hydroxylation sites is 1. The Morgan fingerprint density at radius 1 is 1.04 bits per heavy atom. The van der Waals surface area contributed by atoms with Crippen LogP contribution in [-0.4, -0.2) is 25.7 Å². The standard InChI is InChI=1S/C19H17N5O3S/c1-13-11-15(27-2)7-8-17(13)28(25,26)24-19-10-9-18(22-23-19)21-16-6-4-3-5-14(16)12-20/h3-11H,1-2H3,(H,21,22)(H,23,24). The van der Waals surface area contributed by atoms with E-state index in [0.29, 0.717) is 28.4 Å². The first-order valence-corrected chi connectivity index (χ1v) is 9.68. The molecule has 0 bridgehead atoms. The maximum Gasteiger partial charge on any atom is 0.263 e. The van der Waals surface area contributed by atoms with E-state index >= 15 is 0 Å². The maximum absolute atomic E-state index is 12.6. The molecule has 0 saturated carbocycles. The van der Waals surface area contributed by atoms with Crippen molar-refractivity contribution in [2.75, 3.05) is 17.1 Å². The van der Waals surface area contributed by atoms with Gasteiger partial charge in [0.25, 0.3) is 10.0 Å². The smallest absolute Gasteiger partial charge is 0.263 e. The molecule has 0 atom stereocenters. The molecule has 2 aromatic carbocycles. The van der Waals surface area contributed by atoms with Crippen molar-refractivity contribution in [1.82, 2.24) is 10.2 Å². The number of sulfonamides is 1. The number of nitriles is 1. The van der Waals surface area contributed by atoms with Crippen LogP contribution in [0.2, 0.25) is 0 Å². The fourth-order valence-electron chi connectivity index (χ4n) is 2.52. The van der Waals surface area contributed by atoms with Crippen molar-refractivity contribution in [1.29, 1.82) is 5.26 Å². The first-order chi connectivity index (χ1) is 13.4. The number of hydrogen-bond donors (Lipinski definition) is 2. The van der Waals surface area contributed by atoms with Crippen LogP contribution >= 0.6 is 0 Å². The average Bonchev–Trinajstić information content (AvgIpc) is 2.69. The van der Waals surface area contributed by atoms with E-state index in [0.717, 1.165) is 0 Å². The van der Waals surface area contributed by atoms with Crippen LogP contribution in [0.3, 0.4) is 0 Å². The zero-order chi connectivity index (χ0) is 20.1. The number of methoxy groups -OCH3 is 1. The van der Waals surface area contributed by atoms with Crippen molar-refractivity contribution in [2.45, 2.75) is 11.8 Å². The highest BCUT2D eigenvalue weighted by molar-refractivity contribution is 7.92. The third-order valence-electron chi connectivity index (χ3n) is 3.89. The fourth-order valence-corrected chi connectivity index (χ4v) is 3.75. The zero-order valence-corrected chi connectivity index (χ0v) is 16.0. The van der Waals surface area contributed by atoms with Crippen molar-refractivity contribution in [2.24, 2.45) is 0 Å². The van der Waals surface area contributed by atoms with Gasteiger partial charge in [0.2, 0.25) is 0 Å². The lowest BCUT2D eigenvalue weighted by molar-refractivity contribution is 0.414. The Hall–Kier alpha value is -3.64. The first kappa shape index (κ1) is 19.1. The van der Waals surface area contributed by atoms with Gasteiger partial charge in [0.1, 0.15) is 11.8 Å². The third kappa shape index (κ3) is 4.19. The van der Waals surface area contributed by atoms with Gasteiger partial charge in [-0.3, -0.25) is 4.72 Å². The lowest BCUT2D eigenvalue weighted by Gasteiger charge is -2.11. The summed E-state index contributed by atoms with van der Waals surface area (Å²) in [5.41, 5.74) is 1.59. The Balaban J connectivity index is 1.78. The Morgan fingerprint density at radius 3 is 2.39 bits per heavy atom. The molecule has 0 amide bonds. The minimum absolute atomic E-state index is 0.0781. The molecule has 3 aromatic rings. The van der Waals surface area contributed by atoms with E-state index in [2.05, 4.69) is 26.3 Å². The summed E-state index contributed by atoms with van der Waals surface area (Å²) < 4.78 is 32.7. The van der Waals surface area contributed by atoms with E-state index in [1.807, 2.05) is 0 Å². The molecule has 3 rings (SSSR count). The highest BCUT2D eigenvalue weighted by Crippen LogP contribution is 2.23. The number of nitrogens with one attached hydrogen (secondary N) is 2. The molecular formula is C19H17N5O3S. The number of hydrogen-bond acceptors (Lipinski definition) is 7. The quantitative estimate of drug-likeness (QED) is 0.658. The highest BCUT2D eigenvalue weighted by Gasteiger charge is 2.18. The summed E-state index contributed by atoms with van der Waals surface area (Å²) in [5, 5.41) is 20.0. The molecule has 0 spiro atoms. The summed E-state index contributed by atoms with van der Waals surface area (Å²) in [5.74, 6) is 1.03. The van der Waals surface area contributed by atoms with Crippen molar-refractivity contribution in [3.05, 3.63) is 65.7 Å². The molecule has 0 radical (unpaired) electrons. The third-order valence-corrected chi connectivity index (χ3v) is 5.40. The van der Waals surface area contributed by atoms with Crippen molar-refractivity contribution < 1.29 is 13.2 Å². The van der Waals surface area contributed by atoms with Crippen LogP contribution in [0.4, 0.5) is 17.3 Å². The molecule has 0 aliphatic carbocycles. The first-order valence-electron chi connectivity index (χ1n) is 8.20. The number of nitrogens with zero attached hydrogens (tertiary/aromatic N) is 3. The van der Waals surface area contributed by atoms with Gasteiger partial charge in [-0.1, -0.05) is 12.1 Å². The van der Waals surface area contributed by atoms with Gasteiger partial charge >= 0.3 is 0 Å². The lowest BCUT2D eigenvalue weighted by Crippen LogP contribution is -2.15. The molecule has 0 fully saturated rings. The Bertz CT molecular complexity index is 1140. The molecule has 0 unspecified atom stereocenters. The van der Waals surface area contributed by atoms with Crippen molar-refractivity contribution >= 4 is 27.3 Å². The van der Waals surface area contributed by atoms with Crippen LogP contribution in [0.25, 0.3) is 0 Å². The minimum atomic E-state index is -3.82. The average molecular weight is 395 g/mol. The SMILES string of the molecule is COc1ccc(S(=O)(=O)Nc2ccc(Nc3ccccc3C#N)nn2)c(C)c1. The van der Waals surface area contributed by atoms with Gasteiger partial charge < -0.3 is 10.1 Å². The number of anilines is 3. The maximum atomic E-state index is 12.6. The van der Waals surface area contributed by atoms with E-state index in [9.17, 15) is 8.42 Å². The van der Waals surface area contributed by atoms with Gasteiger partial charge in [0.05, 0.1) is 23.3 Å². The van der Waals surface area contributed by atoms with Crippen LogP contribution < -0.4 is 14.8 Å². The fraction of sp³-hybridized carbons (Fsp3) is 0.105. The monoisotopic (exact) mass is 395 g/mol. The topological polar surface area (TPSA) is 117 Å². The molecule has 9 heteroatoms. The Labute approximate surface area is 162 Å². The van der Waals surface area contributed by atoms with Gasteiger partial charge in [-0.2, -0.15) is 5.26 Å². The summed E-state index contributed by atoms with van der Waals surface area (Å²) in [6, 6.07) is 16.8. The molecule has 0 aliphatic heterocycles. The van der Waals surface area contributed by atoms with Crippen LogP contribution in [0.1, 0.15) is 11.1 Å². The summed E-state index contributed by atoms with van der Waals surface area (Å²) in [4.78, 5) is 0.125. The molecule has 1 aromatic heterocycles. The number of aromatic nitrogens is 2. The molecule has 8 nitrogen and oxygen atoms in total. The van der Waals surface area contributed by atoms with E-state index < -0.39 is 10.0 Å².